The first-order chi connectivity index (χ1) is 8.99. The van der Waals surface area contributed by atoms with Gasteiger partial charge in [0.05, 0.1) is 15.7 Å². The zero-order valence-corrected chi connectivity index (χ0v) is 11.3. The fourth-order valence-electron chi connectivity index (χ4n) is 1.51. The number of primary amides is 1. The van der Waals surface area contributed by atoms with Crippen LogP contribution in [0.25, 0.3) is 0 Å². The topological polar surface area (TPSA) is 78.3 Å². The van der Waals surface area contributed by atoms with E-state index in [1.165, 1.54) is 12.1 Å². The van der Waals surface area contributed by atoms with Crippen LogP contribution >= 0.6 is 15.9 Å². The number of anilines is 1. The van der Waals surface area contributed by atoms with Crippen LogP contribution in [0.1, 0.15) is 10.4 Å². The third kappa shape index (κ3) is 2.85. The molecule has 4 nitrogen and oxygen atoms in total. The molecule has 0 aromatic heterocycles. The van der Waals surface area contributed by atoms with Crippen LogP contribution in [0.3, 0.4) is 0 Å². The third-order valence-electron chi connectivity index (χ3n) is 2.43. The molecule has 0 unspecified atom stereocenters. The number of carbonyl (C=O) groups is 1. The molecule has 0 bridgehead atoms. The van der Waals surface area contributed by atoms with Crippen LogP contribution in [0.5, 0.6) is 11.5 Å². The number of nitrogens with two attached hydrogens (primary N) is 2. The Morgan fingerprint density at radius 1 is 1.21 bits per heavy atom. The SMILES string of the molecule is NC(=O)c1ccccc1Oc1cc(Br)c(F)cc1N. The number of ether oxygens (including phenoxy) is 1. The van der Waals surface area contributed by atoms with Gasteiger partial charge in [-0.15, -0.1) is 0 Å². The van der Waals surface area contributed by atoms with Gasteiger partial charge in [-0.2, -0.15) is 0 Å². The second kappa shape index (κ2) is 5.27. The minimum Gasteiger partial charge on any atom is -0.454 e. The maximum Gasteiger partial charge on any atom is 0.252 e. The van der Waals surface area contributed by atoms with Crippen molar-refractivity contribution in [3.05, 3.63) is 52.3 Å². The number of carbonyl (C=O) groups excluding carboxylic acids is 1. The Morgan fingerprint density at radius 3 is 2.58 bits per heavy atom. The standard InChI is InChI=1S/C13H10BrFN2O2/c14-8-5-12(10(16)6-9(8)15)19-11-4-2-1-3-7(11)13(17)18/h1-6H,16H2,(H2,17,18). The Kier molecular flexibility index (Phi) is 3.71. The molecule has 2 aromatic carbocycles. The average Bonchev–Trinajstić information content (AvgIpc) is 2.36. The van der Waals surface area contributed by atoms with Crippen molar-refractivity contribution in [3.8, 4) is 11.5 Å². The molecule has 2 aromatic rings. The maximum atomic E-state index is 13.2. The number of para-hydroxylation sites is 1. The summed E-state index contributed by atoms with van der Waals surface area (Å²) in [5.74, 6) is -0.606. The molecule has 0 radical (unpaired) electrons. The number of hydrogen-bond donors (Lipinski definition) is 2. The molecule has 0 fully saturated rings. The molecule has 2 rings (SSSR count). The first kappa shape index (κ1) is 13.4. The molecule has 0 aliphatic heterocycles. The smallest absolute Gasteiger partial charge is 0.252 e. The first-order valence-electron chi connectivity index (χ1n) is 5.30. The number of rotatable bonds is 3. The van der Waals surface area contributed by atoms with Gasteiger partial charge in [0.25, 0.3) is 5.91 Å². The Morgan fingerprint density at radius 2 is 1.89 bits per heavy atom. The van der Waals surface area contributed by atoms with Crippen LogP contribution in [-0.2, 0) is 0 Å². The van der Waals surface area contributed by atoms with Gasteiger partial charge in [-0.05, 0) is 28.1 Å². The van der Waals surface area contributed by atoms with Crippen molar-refractivity contribution in [1.29, 1.82) is 0 Å². The zero-order valence-electron chi connectivity index (χ0n) is 9.69. The number of nitrogen functional groups attached to an aromatic ring is 1. The van der Waals surface area contributed by atoms with Gasteiger partial charge in [-0.25, -0.2) is 4.39 Å². The fourth-order valence-corrected chi connectivity index (χ4v) is 1.83. The van der Waals surface area contributed by atoms with E-state index in [1.54, 1.807) is 18.2 Å². The van der Waals surface area contributed by atoms with Crippen molar-refractivity contribution in [2.45, 2.75) is 0 Å². The van der Waals surface area contributed by atoms with Gasteiger partial charge in [0, 0.05) is 12.1 Å². The lowest BCUT2D eigenvalue weighted by molar-refractivity contribution is 0.0998. The van der Waals surface area contributed by atoms with E-state index in [0.29, 0.717) is 0 Å². The average molecular weight is 325 g/mol. The Hall–Kier alpha value is -2.08. The molecule has 4 N–H and O–H groups in total. The van der Waals surface area contributed by atoms with Crippen molar-refractivity contribution < 1.29 is 13.9 Å². The van der Waals surface area contributed by atoms with Gasteiger partial charge in [0.1, 0.15) is 11.6 Å². The fraction of sp³-hybridized carbons (Fsp3) is 0. The van der Waals surface area contributed by atoms with E-state index < -0.39 is 11.7 Å². The van der Waals surface area contributed by atoms with Gasteiger partial charge in [0.15, 0.2) is 5.75 Å². The third-order valence-corrected chi connectivity index (χ3v) is 3.03. The Bertz CT molecular complexity index is 647. The van der Waals surface area contributed by atoms with E-state index >= 15 is 0 Å². The summed E-state index contributed by atoms with van der Waals surface area (Å²) in [6.45, 7) is 0. The van der Waals surface area contributed by atoms with Gasteiger partial charge >= 0.3 is 0 Å². The molecule has 6 heteroatoms. The van der Waals surface area contributed by atoms with Crippen LogP contribution in [0.2, 0.25) is 0 Å². The van der Waals surface area contributed by atoms with Crippen LogP contribution < -0.4 is 16.2 Å². The molecular formula is C13H10BrFN2O2. The summed E-state index contributed by atoms with van der Waals surface area (Å²) in [4.78, 5) is 11.3. The lowest BCUT2D eigenvalue weighted by Gasteiger charge is -2.11. The van der Waals surface area contributed by atoms with Crippen molar-refractivity contribution in [3.63, 3.8) is 0 Å². The molecule has 98 valence electrons. The highest BCUT2D eigenvalue weighted by atomic mass is 79.9. The van der Waals surface area contributed by atoms with Gasteiger partial charge in [0.2, 0.25) is 0 Å². The van der Waals surface area contributed by atoms with Crippen LogP contribution in [0.15, 0.2) is 40.9 Å². The molecule has 0 saturated carbocycles. The number of amides is 1. The second-order valence-corrected chi connectivity index (χ2v) is 4.62. The summed E-state index contributed by atoms with van der Waals surface area (Å²) in [6.07, 6.45) is 0. The molecule has 0 aliphatic rings. The van der Waals surface area contributed by atoms with E-state index in [0.717, 1.165) is 6.07 Å². The van der Waals surface area contributed by atoms with E-state index in [4.69, 9.17) is 16.2 Å². The summed E-state index contributed by atoms with van der Waals surface area (Å²) < 4.78 is 19.0. The Balaban J connectivity index is 2.42. The largest absolute Gasteiger partial charge is 0.454 e. The molecule has 0 atom stereocenters. The lowest BCUT2D eigenvalue weighted by atomic mass is 10.2. The maximum absolute atomic E-state index is 13.2. The van der Waals surface area contributed by atoms with Crippen molar-refractivity contribution in [1.82, 2.24) is 0 Å². The van der Waals surface area contributed by atoms with E-state index in [2.05, 4.69) is 15.9 Å². The molecule has 0 aliphatic carbocycles. The number of benzene rings is 2. The van der Waals surface area contributed by atoms with E-state index in [9.17, 15) is 9.18 Å². The number of hydrogen-bond acceptors (Lipinski definition) is 3. The molecule has 0 spiro atoms. The molecule has 19 heavy (non-hydrogen) atoms. The minimum atomic E-state index is -0.615. The predicted octanol–water partition coefficient (Wildman–Crippen LogP) is 3.06. The summed E-state index contributed by atoms with van der Waals surface area (Å²) >= 11 is 3.04. The first-order valence-corrected chi connectivity index (χ1v) is 6.09. The van der Waals surface area contributed by atoms with Crippen molar-refractivity contribution in [2.75, 3.05) is 5.73 Å². The van der Waals surface area contributed by atoms with Gasteiger partial charge < -0.3 is 16.2 Å². The summed E-state index contributed by atoms with van der Waals surface area (Å²) in [5, 5.41) is 0. The summed E-state index contributed by atoms with van der Waals surface area (Å²) in [5.41, 5.74) is 11.3. The molecular weight excluding hydrogens is 315 g/mol. The quantitative estimate of drug-likeness (QED) is 0.851. The van der Waals surface area contributed by atoms with Gasteiger partial charge in [-0.3, -0.25) is 4.79 Å². The normalized spacial score (nSPS) is 10.2. The number of halogens is 2. The Labute approximate surface area is 117 Å². The summed E-state index contributed by atoms with van der Waals surface area (Å²) in [7, 11) is 0. The van der Waals surface area contributed by atoms with Crippen LogP contribution in [0.4, 0.5) is 10.1 Å². The van der Waals surface area contributed by atoms with Crippen LogP contribution in [0, 0.1) is 5.82 Å². The van der Waals surface area contributed by atoms with Crippen LogP contribution in [-0.4, -0.2) is 5.91 Å². The molecule has 1 amide bonds. The second-order valence-electron chi connectivity index (χ2n) is 3.77. The molecule has 0 heterocycles. The highest BCUT2D eigenvalue weighted by molar-refractivity contribution is 9.10. The zero-order chi connectivity index (χ0) is 14.0. The van der Waals surface area contributed by atoms with E-state index in [1.807, 2.05) is 0 Å². The highest BCUT2D eigenvalue weighted by Crippen LogP contribution is 2.33. The monoisotopic (exact) mass is 324 g/mol. The lowest BCUT2D eigenvalue weighted by Crippen LogP contribution is -2.12. The minimum absolute atomic E-state index is 0.125. The van der Waals surface area contributed by atoms with Crippen molar-refractivity contribution >= 4 is 27.5 Å². The predicted molar refractivity (Wildman–Crippen MR) is 73.5 cm³/mol. The molecule has 0 saturated heterocycles. The highest BCUT2D eigenvalue weighted by Gasteiger charge is 2.12. The summed E-state index contributed by atoms with van der Waals surface area (Å²) in [6, 6.07) is 8.99. The van der Waals surface area contributed by atoms with Crippen molar-refractivity contribution in [2.24, 2.45) is 5.73 Å². The van der Waals surface area contributed by atoms with E-state index in [-0.39, 0.29) is 27.2 Å². The van der Waals surface area contributed by atoms with Gasteiger partial charge in [-0.1, -0.05) is 12.1 Å².